The number of pyridine rings is 1. The molecule has 0 saturated heterocycles. The number of nitrogens with zero attached hydrogens (tertiary/aromatic N) is 3. The van der Waals surface area contributed by atoms with E-state index >= 15 is 0 Å². The fourth-order valence-corrected chi connectivity index (χ4v) is 3.14. The minimum Gasteiger partial charge on any atom is -0.486 e. The maximum absolute atomic E-state index is 10.9. The van der Waals surface area contributed by atoms with Crippen molar-refractivity contribution >= 4 is 40.0 Å². The minimum atomic E-state index is -1.07. The quantitative estimate of drug-likeness (QED) is 0.417. The van der Waals surface area contributed by atoms with Crippen molar-refractivity contribution in [2.24, 2.45) is 0 Å². The van der Waals surface area contributed by atoms with Gasteiger partial charge in [-0.05, 0) is 42.5 Å². The third-order valence-corrected chi connectivity index (χ3v) is 4.57. The van der Waals surface area contributed by atoms with E-state index in [9.17, 15) is 4.79 Å². The molecule has 0 amide bonds. The maximum atomic E-state index is 10.9. The lowest BCUT2D eigenvalue weighted by Crippen LogP contribution is -2.10. The number of benzene rings is 2. The van der Waals surface area contributed by atoms with Gasteiger partial charge in [0.15, 0.2) is 6.61 Å². The Balaban J connectivity index is 1.56. The van der Waals surface area contributed by atoms with Gasteiger partial charge in [0.1, 0.15) is 30.3 Å². The van der Waals surface area contributed by atoms with Gasteiger partial charge in [-0.3, -0.25) is 4.98 Å². The molecule has 4 rings (SSSR count). The largest absolute Gasteiger partial charge is 0.486 e. The van der Waals surface area contributed by atoms with Crippen LogP contribution in [0.3, 0.4) is 0 Å². The average Bonchev–Trinajstić information content (AvgIpc) is 2.78. The third kappa shape index (κ3) is 4.99. The Kier molecular flexibility index (Phi) is 6.09. The summed E-state index contributed by atoms with van der Waals surface area (Å²) in [6.45, 7) is -0.171. The summed E-state index contributed by atoms with van der Waals surface area (Å²) in [5.74, 6) is 0.279. The number of carboxylic acids is 1. The Bertz CT molecular complexity index is 1220. The molecule has 9 heteroatoms. The number of nitrogens with one attached hydrogen (secondary N) is 1. The van der Waals surface area contributed by atoms with Gasteiger partial charge < -0.3 is 19.9 Å². The minimum absolute atomic E-state index is 0.300. The number of carbonyl (C=O) groups is 1. The van der Waals surface area contributed by atoms with Crippen molar-refractivity contribution in [1.29, 1.82) is 0 Å². The number of ether oxygens (including phenoxy) is 2. The number of aliphatic carboxylic acids is 1. The Hall–Kier alpha value is -3.91. The Morgan fingerprint density at radius 3 is 2.68 bits per heavy atom. The van der Waals surface area contributed by atoms with Crippen molar-refractivity contribution < 1.29 is 19.4 Å². The molecule has 0 bridgehead atoms. The number of carboxylic acid groups (broad SMARTS) is 1. The van der Waals surface area contributed by atoms with E-state index in [-0.39, 0.29) is 0 Å². The number of hydrogen-bond acceptors (Lipinski definition) is 7. The van der Waals surface area contributed by atoms with Crippen LogP contribution in [0, 0.1) is 0 Å². The molecule has 0 radical (unpaired) electrons. The molecule has 2 N–H and O–H groups in total. The van der Waals surface area contributed by atoms with Crippen LogP contribution in [0.25, 0.3) is 10.9 Å². The van der Waals surface area contributed by atoms with Crippen LogP contribution in [0.15, 0.2) is 67.1 Å². The van der Waals surface area contributed by atoms with Gasteiger partial charge >= 0.3 is 5.97 Å². The van der Waals surface area contributed by atoms with Crippen LogP contribution in [0.5, 0.6) is 11.5 Å². The molecule has 2 aromatic carbocycles. The van der Waals surface area contributed by atoms with E-state index in [0.29, 0.717) is 45.5 Å². The molecule has 2 aromatic heterocycles. The van der Waals surface area contributed by atoms with Crippen molar-refractivity contribution in [3.8, 4) is 11.5 Å². The number of anilines is 2. The molecule has 31 heavy (non-hydrogen) atoms. The van der Waals surface area contributed by atoms with Gasteiger partial charge in [-0.1, -0.05) is 23.7 Å². The van der Waals surface area contributed by atoms with Crippen LogP contribution in [0.2, 0.25) is 5.02 Å². The molecule has 0 unspecified atom stereocenters. The zero-order chi connectivity index (χ0) is 21.6. The Morgan fingerprint density at radius 1 is 1.00 bits per heavy atom. The van der Waals surface area contributed by atoms with Crippen molar-refractivity contribution in [3.05, 3.63) is 77.8 Å². The molecule has 8 nitrogen and oxygen atoms in total. The lowest BCUT2D eigenvalue weighted by Gasteiger charge is -2.13. The highest BCUT2D eigenvalue weighted by Gasteiger charge is 2.12. The summed E-state index contributed by atoms with van der Waals surface area (Å²) >= 11 is 6.39. The second-order valence-electron chi connectivity index (χ2n) is 6.43. The molecule has 0 spiro atoms. The summed E-state index contributed by atoms with van der Waals surface area (Å²) in [4.78, 5) is 23.6. The van der Waals surface area contributed by atoms with E-state index in [1.807, 2.05) is 18.2 Å². The van der Waals surface area contributed by atoms with E-state index < -0.39 is 12.6 Å². The molecule has 0 aliphatic carbocycles. The lowest BCUT2D eigenvalue weighted by molar-refractivity contribution is -0.139. The topological polar surface area (TPSA) is 106 Å². The predicted molar refractivity (Wildman–Crippen MR) is 116 cm³/mol. The molecule has 4 aromatic rings. The summed E-state index contributed by atoms with van der Waals surface area (Å²) < 4.78 is 11.2. The van der Waals surface area contributed by atoms with Crippen molar-refractivity contribution in [2.75, 3.05) is 11.9 Å². The van der Waals surface area contributed by atoms with Gasteiger partial charge in [-0.2, -0.15) is 0 Å². The van der Waals surface area contributed by atoms with E-state index in [0.717, 1.165) is 5.69 Å². The van der Waals surface area contributed by atoms with E-state index in [1.54, 1.807) is 42.6 Å². The van der Waals surface area contributed by atoms with E-state index in [2.05, 4.69) is 20.3 Å². The summed E-state index contributed by atoms with van der Waals surface area (Å²) in [5.41, 5.74) is 2.08. The average molecular weight is 437 g/mol. The highest BCUT2D eigenvalue weighted by atomic mass is 35.5. The Morgan fingerprint density at radius 2 is 1.90 bits per heavy atom. The Labute approximate surface area is 182 Å². The smallest absolute Gasteiger partial charge is 0.341 e. The van der Waals surface area contributed by atoms with Crippen LogP contribution in [0.4, 0.5) is 11.5 Å². The number of halogens is 1. The molecule has 156 valence electrons. The number of rotatable bonds is 8. The normalized spacial score (nSPS) is 10.6. The zero-order valence-electron chi connectivity index (χ0n) is 16.2. The summed E-state index contributed by atoms with van der Waals surface area (Å²) in [6, 6.07) is 16.1. The molecule has 0 fully saturated rings. The molecular weight excluding hydrogens is 420 g/mol. The first kappa shape index (κ1) is 20.4. The van der Waals surface area contributed by atoms with Crippen LogP contribution >= 0.6 is 11.6 Å². The number of fused-ring (bicyclic) bond motifs is 1. The van der Waals surface area contributed by atoms with Crippen LogP contribution in [-0.4, -0.2) is 32.6 Å². The van der Waals surface area contributed by atoms with Gasteiger partial charge in [0.2, 0.25) is 0 Å². The first-order valence-electron chi connectivity index (χ1n) is 9.28. The summed E-state index contributed by atoms with van der Waals surface area (Å²) in [6.07, 6.45) is 3.12. The fraction of sp³-hybridized carbons (Fsp3) is 0.0909. The van der Waals surface area contributed by atoms with E-state index in [4.69, 9.17) is 26.2 Å². The van der Waals surface area contributed by atoms with Gasteiger partial charge in [0.05, 0.1) is 21.6 Å². The second-order valence-corrected chi connectivity index (χ2v) is 6.84. The SMILES string of the molecule is O=C(O)COc1cccc2ncnc(Nc3ccc(OCc4ccccn4)c(Cl)c3)c12. The predicted octanol–water partition coefficient (Wildman–Crippen LogP) is 4.46. The third-order valence-electron chi connectivity index (χ3n) is 4.27. The first-order chi connectivity index (χ1) is 15.1. The zero-order valence-corrected chi connectivity index (χ0v) is 16.9. The van der Waals surface area contributed by atoms with Crippen molar-refractivity contribution in [1.82, 2.24) is 15.0 Å². The monoisotopic (exact) mass is 436 g/mol. The maximum Gasteiger partial charge on any atom is 0.341 e. The van der Waals surface area contributed by atoms with Crippen LogP contribution in [-0.2, 0) is 11.4 Å². The molecule has 0 aliphatic heterocycles. The number of hydrogen-bond donors (Lipinski definition) is 2. The molecule has 0 aliphatic rings. The van der Waals surface area contributed by atoms with Crippen LogP contribution < -0.4 is 14.8 Å². The highest BCUT2D eigenvalue weighted by Crippen LogP contribution is 2.34. The summed E-state index contributed by atoms with van der Waals surface area (Å²) in [7, 11) is 0. The number of aromatic nitrogens is 3. The fourth-order valence-electron chi connectivity index (χ4n) is 2.90. The van der Waals surface area contributed by atoms with Gasteiger partial charge in [-0.25, -0.2) is 14.8 Å². The van der Waals surface area contributed by atoms with Crippen molar-refractivity contribution in [2.45, 2.75) is 6.61 Å². The second kappa shape index (κ2) is 9.27. The molecule has 0 atom stereocenters. The van der Waals surface area contributed by atoms with E-state index in [1.165, 1.54) is 6.33 Å². The van der Waals surface area contributed by atoms with Gasteiger partial charge in [0, 0.05) is 11.9 Å². The lowest BCUT2D eigenvalue weighted by atomic mass is 10.2. The summed E-state index contributed by atoms with van der Waals surface area (Å²) in [5, 5.41) is 13.1. The molecule has 2 heterocycles. The standard InChI is InChI=1S/C22H17ClN4O4/c23-16-10-14(7-8-18(16)30-11-15-4-1-2-9-24-15)27-22-21-17(25-13-26-22)5-3-6-19(21)31-12-20(28)29/h1-10,13H,11-12H2,(H,28,29)(H,25,26,27). The molecular formula is C22H17ClN4O4. The van der Waals surface area contributed by atoms with Crippen LogP contribution in [0.1, 0.15) is 5.69 Å². The first-order valence-corrected chi connectivity index (χ1v) is 9.65. The van der Waals surface area contributed by atoms with Gasteiger partial charge in [0.25, 0.3) is 0 Å². The van der Waals surface area contributed by atoms with Gasteiger partial charge in [-0.15, -0.1) is 0 Å². The van der Waals surface area contributed by atoms with Crippen molar-refractivity contribution in [3.63, 3.8) is 0 Å². The highest BCUT2D eigenvalue weighted by molar-refractivity contribution is 6.32. The molecule has 0 saturated carbocycles.